The molecule has 3 rings (SSSR count). The Kier molecular flexibility index (Phi) is 3.79. The van der Waals surface area contributed by atoms with E-state index in [4.69, 9.17) is 11.6 Å². The van der Waals surface area contributed by atoms with Gasteiger partial charge in [-0.05, 0) is 54.3 Å². The largest absolute Gasteiger partial charge is 0.507 e. The third-order valence-electron chi connectivity index (χ3n) is 3.94. The zero-order valence-corrected chi connectivity index (χ0v) is 12.6. The highest BCUT2D eigenvalue weighted by Crippen LogP contribution is 2.39. The lowest BCUT2D eigenvalue weighted by molar-refractivity contribution is 0.471. The van der Waals surface area contributed by atoms with E-state index < -0.39 is 5.82 Å². The van der Waals surface area contributed by atoms with Gasteiger partial charge in [-0.2, -0.15) is 0 Å². The van der Waals surface area contributed by atoms with Gasteiger partial charge in [-0.15, -0.1) is 0 Å². The van der Waals surface area contributed by atoms with Gasteiger partial charge in [-0.25, -0.2) is 8.78 Å². The summed E-state index contributed by atoms with van der Waals surface area (Å²) in [7, 11) is 0. The summed E-state index contributed by atoms with van der Waals surface area (Å²) in [6.07, 6.45) is 0.507. The van der Waals surface area contributed by atoms with Gasteiger partial charge in [-0.3, -0.25) is 0 Å². The smallest absolute Gasteiger partial charge is 0.147 e. The molecule has 2 aromatic carbocycles. The van der Waals surface area contributed by atoms with Gasteiger partial charge in [0.1, 0.15) is 17.4 Å². The first-order valence-electron chi connectivity index (χ1n) is 6.85. The number of hydrogen-bond donors (Lipinski definition) is 2. The van der Waals surface area contributed by atoms with Crippen LogP contribution in [-0.4, -0.2) is 11.7 Å². The molecular formula is C17H14ClF2NO. The Balaban J connectivity index is 2.03. The number of benzene rings is 2. The summed E-state index contributed by atoms with van der Waals surface area (Å²) in [6.45, 7) is 2.29. The monoisotopic (exact) mass is 321 g/mol. The van der Waals surface area contributed by atoms with E-state index in [2.05, 4.69) is 5.32 Å². The average Bonchev–Trinajstić information content (AvgIpc) is 2.48. The standard InChI is InChI=1S/C17H14ClF2NO/c1-9-11(6-10-2-3-12(19)7-13(10)18)8-21-17-14(20)4-5-15(22)16(9)17/h2-5,7,21-22H,6,8H2,1H3. The third-order valence-corrected chi connectivity index (χ3v) is 4.29. The predicted octanol–water partition coefficient (Wildman–Crippen LogP) is 4.77. The molecule has 2 N–H and O–H groups in total. The highest BCUT2D eigenvalue weighted by Gasteiger charge is 2.22. The first kappa shape index (κ1) is 14.9. The molecule has 0 aliphatic carbocycles. The number of fused-ring (bicyclic) bond motifs is 1. The maximum atomic E-state index is 13.8. The van der Waals surface area contributed by atoms with E-state index in [0.29, 0.717) is 29.2 Å². The first-order chi connectivity index (χ1) is 10.5. The van der Waals surface area contributed by atoms with Gasteiger partial charge >= 0.3 is 0 Å². The summed E-state index contributed by atoms with van der Waals surface area (Å²) < 4.78 is 26.9. The van der Waals surface area contributed by atoms with Crippen LogP contribution in [-0.2, 0) is 6.42 Å². The highest BCUT2D eigenvalue weighted by atomic mass is 35.5. The van der Waals surface area contributed by atoms with Crippen molar-refractivity contribution in [2.45, 2.75) is 13.3 Å². The summed E-state index contributed by atoms with van der Waals surface area (Å²) in [4.78, 5) is 0. The molecule has 0 bridgehead atoms. The van der Waals surface area contributed by atoms with E-state index >= 15 is 0 Å². The molecule has 0 atom stereocenters. The van der Waals surface area contributed by atoms with Crippen molar-refractivity contribution in [1.29, 1.82) is 0 Å². The topological polar surface area (TPSA) is 32.3 Å². The SMILES string of the molecule is CC1=C(Cc2ccc(F)cc2Cl)CNc2c(F)ccc(O)c21. The van der Waals surface area contributed by atoms with Crippen molar-refractivity contribution in [1.82, 2.24) is 0 Å². The second kappa shape index (κ2) is 5.61. The van der Waals surface area contributed by atoms with Gasteiger partial charge in [-0.1, -0.05) is 17.7 Å². The molecule has 1 aliphatic heterocycles. The van der Waals surface area contributed by atoms with E-state index in [1.54, 1.807) is 6.07 Å². The molecule has 0 aromatic heterocycles. The van der Waals surface area contributed by atoms with Crippen LogP contribution in [0.4, 0.5) is 14.5 Å². The van der Waals surface area contributed by atoms with Crippen LogP contribution >= 0.6 is 11.6 Å². The van der Waals surface area contributed by atoms with Crippen LogP contribution in [0, 0.1) is 11.6 Å². The predicted molar refractivity (Wildman–Crippen MR) is 84.3 cm³/mol. The zero-order valence-electron chi connectivity index (χ0n) is 11.9. The lowest BCUT2D eigenvalue weighted by atomic mass is 9.91. The second-order valence-corrected chi connectivity index (χ2v) is 5.72. The van der Waals surface area contributed by atoms with Crippen molar-refractivity contribution in [2.24, 2.45) is 0 Å². The minimum absolute atomic E-state index is 0.0313. The highest BCUT2D eigenvalue weighted by molar-refractivity contribution is 6.31. The van der Waals surface area contributed by atoms with Crippen molar-refractivity contribution in [3.63, 3.8) is 0 Å². The maximum absolute atomic E-state index is 13.8. The summed E-state index contributed by atoms with van der Waals surface area (Å²) in [5, 5.41) is 13.4. The molecule has 22 heavy (non-hydrogen) atoms. The number of halogens is 3. The third kappa shape index (κ3) is 2.55. The molecular weight excluding hydrogens is 308 g/mol. The Hall–Kier alpha value is -2.07. The van der Waals surface area contributed by atoms with Gasteiger partial charge in [0.15, 0.2) is 0 Å². The molecule has 1 heterocycles. The number of phenolic OH excluding ortho intramolecular Hbond substituents is 1. The average molecular weight is 322 g/mol. The molecule has 0 radical (unpaired) electrons. The molecule has 0 unspecified atom stereocenters. The lowest BCUT2D eigenvalue weighted by Gasteiger charge is -2.24. The van der Waals surface area contributed by atoms with Crippen LogP contribution in [0.15, 0.2) is 35.9 Å². The van der Waals surface area contributed by atoms with E-state index in [0.717, 1.165) is 16.7 Å². The van der Waals surface area contributed by atoms with Gasteiger partial charge in [0.25, 0.3) is 0 Å². The number of nitrogens with one attached hydrogen (secondary N) is 1. The molecule has 0 fully saturated rings. The normalized spacial score (nSPS) is 13.8. The van der Waals surface area contributed by atoms with E-state index in [1.165, 1.54) is 24.3 Å². The molecule has 114 valence electrons. The Morgan fingerprint density at radius 2 is 2.00 bits per heavy atom. The van der Waals surface area contributed by atoms with E-state index in [9.17, 15) is 13.9 Å². The minimum Gasteiger partial charge on any atom is -0.507 e. The summed E-state index contributed by atoms with van der Waals surface area (Å²) in [6, 6.07) is 6.84. The van der Waals surface area contributed by atoms with Crippen LogP contribution in [0.3, 0.4) is 0 Å². The summed E-state index contributed by atoms with van der Waals surface area (Å²) in [5.41, 5.74) is 3.36. The first-order valence-corrected chi connectivity index (χ1v) is 7.23. The van der Waals surface area contributed by atoms with Crippen LogP contribution in [0.2, 0.25) is 5.02 Å². The lowest BCUT2D eigenvalue weighted by Crippen LogP contribution is -2.16. The minimum atomic E-state index is -0.397. The fourth-order valence-electron chi connectivity index (χ4n) is 2.71. The number of aromatic hydroxyl groups is 1. The number of phenols is 1. The number of hydrogen-bond acceptors (Lipinski definition) is 2. The molecule has 5 heteroatoms. The number of anilines is 1. The Labute approximate surface area is 132 Å². The van der Waals surface area contributed by atoms with Crippen molar-refractivity contribution in [3.8, 4) is 5.75 Å². The Morgan fingerprint density at radius 1 is 1.23 bits per heavy atom. The molecule has 0 spiro atoms. The van der Waals surface area contributed by atoms with Crippen molar-refractivity contribution < 1.29 is 13.9 Å². The molecule has 0 saturated heterocycles. The number of rotatable bonds is 2. The Bertz CT molecular complexity index is 786. The fraction of sp³-hybridized carbons (Fsp3) is 0.176. The van der Waals surface area contributed by atoms with E-state index in [1.807, 2.05) is 6.92 Å². The Morgan fingerprint density at radius 3 is 2.73 bits per heavy atom. The molecule has 0 saturated carbocycles. The zero-order chi connectivity index (χ0) is 15.9. The number of allylic oxidation sites excluding steroid dienone is 1. The quantitative estimate of drug-likeness (QED) is 0.835. The van der Waals surface area contributed by atoms with Gasteiger partial charge in [0.05, 0.1) is 5.69 Å². The van der Waals surface area contributed by atoms with Crippen LogP contribution in [0.5, 0.6) is 5.75 Å². The van der Waals surface area contributed by atoms with Crippen molar-refractivity contribution >= 4 is 22.9 Å². The van der Waals surface area contributed by atoms with E-state index in [-0.39, 0.29) is 11.6 Å². The van der Waals surface area contributed by atoms with Gasteiger partial charge < -0.3 is 10.4 Å². The molecule has 1 aliphatic rings. The van der Waals surface area contributed by atoms with Crippen molar-refractivity contribution in [2.75, 3.05) is 11.9 Å². The van der Waals surface area contributed by atoms with Crippen LogP contribution in [0.1, 0.15) is 18.1 Å². The van der Waals surface area contributed by atoms with Crippen LogP contribution in [0.25, 0.3) is 5.57 Å². The molecule has 2 aromatic rings. The van der Waals surface area contributed by atoms with Crippen LogP contribution < -0.4 is 5.32 Å². The summed E-state index contributed by atoms with van der Waals surface area (Å²) in [5.74, 6) is -0.749. The maximum Gasteiger partial charge on any atom is 0.147 e. The molecule has 2 nitrogen and oxygen atoms in total. The second-order valence-electron chi connectivity index (χ2n) is 5.31. The van der Waals surface area contributed by atoms with Gasteiger partial charge in [0.2, 0.25) is 0 Å². The van der Waals surface area contributed by atoms with Gasteiger partial charge in [0, 0.05) is 17.1 Å². The fourth-order valence-corrected chi connectivity index (χ4v) is 2.95. The molecule has 0 amide bonds. The summed E-state index contributed by atoms with van der Waals surface area (Å²) >= 11 is 6.06. The van der Waals surface area contributed by atoms with Crippen molar-refractivity contribution in [3.05, 3.63) is 63.7 Å².